The van der Waals surface area contributed by atoms with Gasteiger partial charge in [-0.05, 0) is 86.0 Å². The molecule has 1 aliphatic heterocycles. The Kier molecular flexibility index (Phi) is 8.49. The van der Waals surface area contributed by atoms with Gasteiger partial charge in [0.2, 0.25) is 6.79 Å². The monoisotopic (exact) mass is 682 g/mol. The predicted molar refractivity (Wildman–Crippen MR) is 141 cm³/mol. The summed E-state index contributed by atoms with van der Waals surface area (Å²) >= 11 is 10.2. The lowest BCUT2D eigenvalue weighted by Gasteiger charge is -2.10. The molecule has 1 heterocycles. The van der Waals surface area contributed by atoms with Crippen molar-refractivity contribution in [3.05, 3.63) is 73.1 Å². The maximum Gasteiger partial charge on any atom is 0.343 e. The SMILES string of the molecule is COc1cc(/C=N/NC(=O)COc2c(Br)cc(Br)cc2Br)ccc1OC(=O)c1ccc2c(c1)OCO2. The maximum atomic E-state index is 12.6. The molecule has 0 saturated heterocycles. The quantitative estimate of drug-likeness (QED) is 0.146. The summed E-state index contributed by atoms with van der Waals surface area (Å²) in [6.45, 7) is -0.132. The molecular weight excluding hydrogens is 668 g/mol. The molecule has 9 nitrogen and oxygen atoms in total. The lowest BCUT2D eigenvalue weighted by molar-refractivity contribution is -0.123. The summed E-state index contributed by atoms with van der Waals surface area (Å²) in [6.07, 6.45) is 1.43. The van der Waals surface area contributed by atoms with Crippen molar-refractivity contribution < 1.29 is 33.3 Å². The third kappa shape index (κ3) is 6.37. The highest BCUT2D eigenvalue weighted by atomic mass is 79.9. The second-order valence-corrected chi connectivity index (χ2v) is 9.77. The van der Waals surface area contributed by atoms with E-state index in [1.165, 1.54) is 13.3 Å². The number of methoxy groups -OCH3 is 1. The first kappa shape index (κ1) is 26.0. The Morgan fingerprint density at radius 1 is 1.00 bits per heavy atom. The maximum absolute atomic E-state index is 12.6. The third-order valence-corrected chi connectivity index (χ3v) is 6.35. The summed E-state index contributed by atoms with van der Waals surface area (Å²) in [5.74, 6) is 1.05. The van der Waals surface area contributed by atoms with E-state index in [9.17, 15) is 9.59 Å². The van der Waals surface area contributed by atoms with Crippen LogP contribution < -0.4 is 29.1 Å². The number of rotatable bonds is 8. The summed E-state index contributed by atoms with van der Waals surface area (Å²) in [5.41, 5.74) is 3.31. The Bertz CT molecular complexity index is 1320. The molecule has 36 heavy (non-hydrogen) atoms. The second kappa shape index (κ2) is 11.8. The van der Waals surface area contributed by atoms with Crippen LogP contribution in [0.4, 0.5) is 0 Å². The molecule has 1 amide bonds. The van der Waals surface area contributed by atoms with Crippen LogP contribution in [0.25, 0.3) is 0 Å². The largest absolute Gasteiger partial charge is 0.493 e. The minimum atomic E-state index is -0.579. The highest BCUT2D eigenvalue weighted by Crippen LogP contribution is 2.36. The molecule has 0 atom stereocenters. The van der Waals surface area contributed by atoms with Gasteiger partial charge in [0.15, 0.2) is 29.6 Å². The van der Waals surface area contributed by atoms with E-state index in [0.717, 1.165) is 4.47 Å². The number of fused-ring (bicyclic) bond motifs is 1. The van der Waals surface area contributed by atoms with Crippen molar-refractivity contribution in [1.29, 1.82) is 0 Å². The number of hydrogen-bond donors (Lipinski definition) is 1. The smallest absolute Gasteiger partial charge is 0.343 e. The average molecular weight is 685 g/mol. The molecule has 0 bridgehead atoms. The van der Waals surface area contributed by atoms with Gasteiger partial charge in [0.25, 0.3) is 5.91 Å². The first-order valence-electron chi connectivity index (χ1n) is 10.2. The molecule has 0 aliphatic carbocycles. The first-order valence-corrected chi connectivity index (χ1v) is 12.6. The Labute approximate surface area is 231 Å². The van der Waals surface area contributed by atoms with Crippen molar-refractivity contribution >= 4 is 65.9 Å². The molecule has 0 aromatic heterocycles. The fourth-order valence-corrected chi connectivity index (χ4v) is 5.53. The van der Waals surface area contributed by atoms with Gasteiger partial charge < -0.3 is 23.7 Å². The van der Waals surface area contributed by atoms with Gasteiger partial charge in [0.1, 0.15) is 5.75 Å². The summed E-state index contributed by atoms with van der Waals surface area (Å²) in [5, 5.41) is 3.94. The topological polar surface area (TPSA) is 105 Å². The fraction of sp³-hybridized carbons (Fsp3) is 0.125. The summed E-state index contributed by atoms with van der Waals surface area (Å²) in [6, 6.07) is 13.2. The van der Waals surface area contributed by atoms with Crippen LogP contribution in [0.2, 0.25) is 0 Å². The molecule has 12 heteroatoms. The van der Waals surface area contributed by atoms with E-state index < -0.39 is 11.9 Å². The van der Waals surface area contributed by atoms with E-state index in [2.05, 4.69) is 58.3 Å². The number of esters is 1. The van der Waals surface area contributed by atoms with Gasteiger partial charge in [0.05, 0.1) is 27.8 Å². The molecule has 186 valence electrons. The number of ether oxygens (including phenoxy) is 5. The third-order valence-electron chi connectivity index (χ3n) is 4.71. The Hall–Kier alpha value is -3.09. The summed E-state index contributed by atoms with van der Waals surface area (Å²) in [7, 11) is 1.45. The standard InChI is InChI=1S/C24H17Br3N2O7/c1-32-20-6-13(10-28-29-22(30)11-33-23-16(26)8-15(25)9-17(23)27)2-4-19(20)36-24(31)14-3-5-18-21(7-14)35-12-34-18/h2-10H,11-12H2,1H3,(H,29,30)/b28-10+. The van der Waals surface area contributed by atoms with Crippen LogP contribution in [-0.2, 0) is 4.79 Å². The minimum Gasteiger partial charge on any atom is -0.493 e. The van der Waals surface area contributed by atoms with Crippen LogP contribution in [0.15, 0.2) is 67.1 Å². The van der Waals surface area contributed by atoms with Crippen molar-refractivity contribution in [1.82, 2.24) is 5.43 Å². The number of hydrazone groups is 1. The van der Waals surface area contributed by atoms with Gasteiger partial charge in [-0.25, -0.2) is 10.2 Å². The number of hydrogen-bond acceptors (Lipinski definition) is 8. The molecule has 0 saturated carbocycles. The van der Waals surface area contributed by atoms with Crippen LogP contribution in [0.5, 0.6) is 28.7 Å². The number of nitrogens with zero attached hydrogens (tertiary/aromatic N) is 1. The van der Waals surface area contributed by atoms with Crippen LogP contribution in [0.1, 0.15) is 15.9 Å². The molecule has 1 N–H and O–H groups in total. The predicted octanol–water partition coefficient (Wildman–Crippen LogP) is 5.46. The fourth-order valence-electron chi connectivity index (χ4n) is 3.05. The first-order chi connectivity index (χ1) is 17.3. The number of carbonyl (C=O) groups excluding carboxylic acids is 2. The van der Waals surface area contributed by atoms with Gasteiger partial charge in [0, 0.05) is 4.47 Å². The minimum absolute atomic E-state index is 0.110. The van der Waals surface area contributed by atoms with E-state index in [1.807, 2.05) is 0 Å². The van der Waals surface area contributed by atoms with Gasteiger partial charge in [-0.2, -0.15) is 5.10 Å². The lowest BCUT2D eigenvalue weighted by Crippen LogP contribution is -2.24. The number of halogens is 3. The highest BCUT2D eigenvalue weighted by Gasteiger charge is 2.19. The van der Waals surface area contributed by atoms with Crippen molar-refractivity contribution in [3.8, 4) is 28.7 Å². The van der Waals surface area contributed by atoms with Gasteiger partial charge in [-0.15, -0.1) is 0 Å². The van der Waals surface area contributed by atoms with E-state index in [0.29, 0.717) is 43.1 Å². The molecule has 0 spiro atoms. The van der Waals surface area contributed by atoms with Crippen molar-refractivity contribution in [2.45, 2.75) is 0 Å². The number of nitrogens with one attached hydrogen (secondary N) is 1. The lowest BCUT2D eigenvalue weighted by atomic mass is 10.2. The zero-order chi connectivity index (χ0) is 25.7. The van der Waals surface area contributed by atoms with E-state index in [4.69, 9.17) is 23.7 Å². The molecule has 4 rings (SSSR count). The molecule has 1 aliphatic rings. The zero-order valence-corrected chi connectivity index (χ0v) is 23.3. The molecule has 0 fully saturated rings. The van der Waals surface area contributed by atoms with Crippen LogP contribution >= 0.6 is 47.8 Å². The van der Waals surface area contributed by atoms with E-state index in [1.54, 1.807) is 48.5 Å². The highest BCUT2D eigenvalue weighted by molar-refractivity contribution is 9.11. The molecule has 0 radical (unpaired) electrons. The Morgan fingerprint density at radius 3 is 2.50 bits per heavy atom. The van der Waals surface area contributed by atoms with Crippen molar-refractivity contribution in [2.75, 3.05) is 20.5 Å². The van der Waals surface area contributed by atoms with Crippen LogP contribution in [0.3, 0.4) is 0 Å². The number of amides is 1. The normalized spacial score (nSPS) is 11.9. The number of carbonyl (C=O) groups is 2. The summed E-state index contributed by atoms with van der Waals surface area (Å²) < 4.78 is 29.1. The van der Waals surface area contributed by atoms with E-state index >= 15 is 0 Å². The summed E-state index contributed by atoms with van der Waals surface area (Å²) in [4.78, 5) is 24.7. The molecule has 0 unspecified atom stereocenters. The second-order valence-electron chi connectivity index (χ2n) is 7.15. The van der Waals surface area contributed by atoms with Gasteiger partial charge >= 0.3 is 5.97 Å². The molecular formula is C24H17Br3N2O7. The zero-order valence-electron chi connectivity index (χ0n) is 18.5. The Morgan fingerprint density at radius 2 is 1.75 bits per heavy atom. The molecule has 3 aromatic carbocycles. The number of benzene rings is 3. The van der Waals surface area contributed by atoms with Gasteiger partial charge in [-0.1, -0.05) is 15.9 Å². The van der Waals surface area contributed by atoms with Crippen LogP contribution in [0, 0.1) is 0 Å². The average Bonchev–Trinajstić information content (AvgIpc) is 3.32. The van der Waals surface area contributed by atoms with Crippen molar-refractivity contribution in [2.24, 2.45) is 5.10 Å². The van der Waals surface area contributed by atoms with Crippen molar-refractivity contribution in [3.63, 3.8) is 0 Å². The van der Waals surface area contributed by atoms with E-state index in [-0.39, 0.29) is 19.1 Å². The molecule has 3 aromatic rings. The Balaban J connectivity index is 1.34. The van der Waals surface area contributed by atoms with Crippen LogP contribution in [-0.4, -0.2) is 38.6 Å². The van der Waals surface area contributed by atoms with Gasteiger partial charge in [-0.3, -0.25) is 4.79 Å².